The molecular weight excluding hydrogens is 256 g/mol. The number of thioether (sulfide) groups is 1. The standard InChI is InChI=1S/C16H16S2/c1-16(2,14-11-7-4-8-12-14)18-15(17)13-9-5-3-6-10-13/h3-12H,1-2H3. The molecule has 0 N–H and O–H groups in total. The van der Waals surface area contributed by atoms with Crippen molar-refractivity contribution in [1.29, 1.82) is 0 Å². The molecule has 92 valence electrons. The highest BCUT2D eigenvalue weighted by Gasteiger charge is 2.23. The predicted molar refractivity (Wildman–Crippen MR) is 85.2 cm³/mol. The molecule has 0 bridgehead atoms. The van der Waals surface area contributed by atoms with Crippen molar-refractivity contribution in [2.24, 2.45) is 0 Å². The molecule has 0 radical (unpaired) electrons. The summed E-state index contributed by atoms with van der Waals surface area (Å²) in [6, 6.07) is 20.7. The van der Waals surface area contributed by atoms with Crippen molar-refractivity contribution in [3.63, 3.8) is 0 Å². The van der Waals surface area contributed by atoms with Crippen LogP contribution in [0.3, 0.4) is 0 Å². The monoisotopic (exact) mass is 272 g/mol. The molecule has 0 saturated carbocycles. The number of hydrogen-bond donors (Lipinski definition) is 0. The van der Waals surface area contributed by atoms with Gasteiger partial charge in [0.15, 0.2) is 0 Å². The van der Waals surface area contributed by atoms with E-state index in [2.05, 4.69) is 50.2 Å². The van der Waals surface area contributed by atoms with E-state index in [-0.39, 0.29) is 4.75 Å². The number of thiocarbonyl (C=S) groups is 1. The molecule has 2 heteroatoms. The van der Waals surface area contributed by atoms with Gasteiger partial charge in [0, 0.05) is 4.75 Å². The number of rotatable bonds is 3. The summed E-state index contributed by atoms with van der Waals surface area (Å²) < 4.78 is 0.943. The second-order valence-corrected chi connectivity index (χ2v) is 6.93. The zero-order chi connectivity index (χ0) is 13.0. The summed E-state index contributed by atoms with van der Waals surface area (Å²) in [4.78, 5) is 0. The van der Waals surface area contributed by atoms with Crippen molar-refractivity contribution in [2.45, 2.75) is 18.6 Å². The van der Waals surface area contributed by atoms with Gasteiger partial charge in [-0.05, 0) is 25.0 Å². The molecule has 0 unspecified atom stereocenters. The first-order valence-electron chi connectivity index (χ1n) is 5.93. The highest BCUT2D eigenvalue weighted by atomic mass is 32.2. The SMILES string of the molecule is CC(C)(SC(=S)c1ccccc1)c1ccccc1. The second-order valence-electron chi connectivity index (χ2n) is 4.63. The molecule has 0 aromatic heterocycles. The Labute approximate surface area is 118 Å². The molecule has 0 aliphatic carbocycles. The lowest BCUT2D eigenvalue weighted by Gasteiger charge is -2.25. The van der Waals surface area contributed by atoms with Crippen molar-refractivity contribution in [3.05, 3.63) is 71.8 Å². The summed E-state index contributed by atoms with van der Waals surface area (Å²) in [6.07, 6.45) is 0. The van der Waals surface area contributed by atoms with Crippen molar-refractivity contribution in [2.75, 3.05) is 0 Å². The van der Waals surface area contributed by atoms with Gasteiger partial charge in [-0.2, -0.15) is 0 Å². The Kier molecular flexibility index (Phi) is 4.20. The number of hydrogen-bond acceptors (Lipinski definition) is 2. The predicted octanol–water partition coefficient (Wildman–Crippen LogP) is 5.03. The minimum absolute atomic E-state index is 0.00577. The molecule has 0 atom stereocenters. The average molecular weight is 272 g/mol. The molecule has 18 heavy (non-hydrogen) atoms. The fourth-order valence-electron chi connectivity index (χ4n) is 1.76. The molecule has 0 spiro atoms. The third-order valence-corrected chi connectivity index (χ3v) is 4.48. The Morgan fingerprint density at radius 2 is 1.39 bits per heavy atom. The van der Waals surface area contributed by atoms with Crippen LogP contribution in [0.5, 0.6) is 0 Å². The Hall–Kier alpha value is -1.12. The van der Waals surface area contributed by atoms with E-state index >= 15 is 0 Å². The van der Waals surface area contributed by atoms with Gasteiger partial charge in [-0.15, -0.1) is 11.8 Å². The molecule has 2 aromatic carbocycles. The second kappa shape index (κ2) is 5.68. The van der Waals surface area contributed by atoms with Crippen LogP contribution in [0.4, 0.5) is 0 Å². The molecule has 0 fully saturated rings. The maximum atomic E-state index is 5.53. The molecule has 0 nitrogen and oxygen atoms in total. The summed E-state index contributed by atoms with van der Waals surface area (Å²) in [5, 5.41) is 0. The van der Waals surface area contributed by atoms with Crippen LogP contribution in [0.2, 0.25) is 0 Å². The van der Waals surface area contributed by atoms with E-state index in [4.69, 9.17) is 12.2 Å². The Morgan fingerprint density at radius 1 is 0.889 bits per heavy atom. The first-order valence-corrected chi connectivity index (χ1v) is 7.16. The third kappa shape index (κ3) is 3.21. The Morgan fingerprint density at radius 3 is 1.94 bits per heavy atom. The highest BCUT2D eigenvalue weighted by Crippen LogP contribution is 2.37. The lowest BCUT2D eigenvalue weighted by Crippen LogP contribution is -2.14. The van der Waals surface area contributed by atoms with Crippen molar-refractivity contribution < 1.29 is 0 Å². The fraction of sp³-hybridized carbons (Fsp3) is 0.188. The van der Waals surface area contributed by atoms with Crippen LogP contribution in [0.25, 0.3) is 0 Å². The van der Waals surface area contributed by atoms with Crippen LogP contribution in [0.1, 0.15) is 25.0 Å². The molecule has 2 aromatic rings. The van der Waals surface area contributed by atoms with E-state index in [1.54, 1.807) is 11.8 Å². The summed E-state index contributed by atoms with van der Waals surface area (Å²) in [5.41, 5.74) is 2.43. The normalized spacial score (nSPS) is 11.2. The molecule has 0 saturated heterocycles. The van der Waals surface area contributed by atoms with Gasteiger partial charge in [0.05, 0.1) is 4.20 Å². The molecular formula is C16H16S2. The van der Waals surface area contributed by atoms with Gasteiger partial charge in [-0.25, -0.2) is 0 Å². The van der Waals surface area contributed by atoms with Gasteiger partial charge in [0.1, 0.15) is 0 Å². The van der Waals surface area contributed by atoms with E-state index in [0.29, 0.717) is 0 Å². The van der Waals surface area contributed by atoms with Gasteiger partial charge >= 0.3 is 0 Å². The van der Waals surface area contributed by atoms with E-state index < -0.39 is 0 Å². The van der Waals surface area contributed by atoms with Gasteiger partial charge in [0.25, 0.3) is 0 Å². The topological polar surface area (TPSA) is 0 Å². The summed E-state index contributed by atoms with van der Waals surface area (Å²) in [5.74, 6) is 0. The van der Waals surface area contributed by atoms with Crippen LogP contribution in [0, 0.1) is 0 Å². The number of benzene rings is 2. The minimum Gasteiger partial charge on any atom is -0.103 e. The maximum absolute atomic E-state index is 5.53. The largest absolute Gasteiger partial charge is 0.103 e. The Balaban J connectivity index is 2.17. The van der Waals surface area contributed by atoms with E-state index in [1.165, 1.54) is 5.56 Å². The first kappa shape index (κ1) is 13.3. The zero-order valence-corrected chi connectivity index (χ0v) is 12.2. The molecule has 0 heterocycles. The average Bonchev–Trinajstić information content (AvgIpc) is 2.40. The highest BCUT2D eigenvalue weighted by molar-refractivity contribution is 8.24. The van der Waals surface area contributed by atoms with Crippen LogP contribution >= 0.6 is 24.0 Å². The Bertz CT molecular complexity index is 515. The smallest absolute Gasteiger partial charge is 0.0786 e. The first-order chi connectivity index (χ1) is 8.59. The summed E-state index contributed by atoms with van der Waals surface area (Å²) >= 11 is 7.27. The molecule has 0 aliphatic heterocycles. The van der Waals surface area contributed by atoms with Crippen LogP contribution < -0.4 is 0 Å². The van der Waals surface area contributed by atoms with E-state index in [0.717, 1.165) is 9.76 Å². The van der Waals surface area contributed by atoms with Gasteiger partial charge in [-0.1, -0.05) is 72.9 Å². The quantitative estimate of drug-likeness (QED) is 0.719. The van der Waals surface area contributed by atoms with Crippen molar-refractivity contribution >= 4 is 28.2 Å². The minimum atomic E-state index is -0.00577. The summed E-state index contributed by atoms with van der Waals surface area (Å²) in [6.45, 7) is 4.42. The fourth-order valence-corrected chi connectivity index (χ4v) is 3.50. The van der Waals surface area contributed by atoms with E-state index in [1.807, 2.05) is 24.3 Å². The lowest BCUT2D eigenvalue weighted by atomic mass is 10.0. The van der Waals surface area contributed by atoms with Crippen molar-refractivity contribution in [3.8, 4) is 0 Å². The van der Waals surface area contributed by atoms with E-state index in [9.17, 15) is 0 Å². The summed E-state index contributed by atoms with van der Waals surface area (Å²) in [7, 11) is 0. The van der Waals surface area contributed by atoms with Crippen LogP contribution in [0.15, 0.2) is 60.7 Å². The maximum Gasteiger partial charge on any atom is 0.0786 e. The molecule has 2 rings (SSSR count). The van der Waals surface area contributed by atoms with Crippen LogP contribution in [-0.4, -0.2) is 4.20 Å². The van der Waals surface area contributed by atoms with Crippen LogP contribution in [-0.2, 0) is 4.75 Å². The lowest BCUT2D eigenvalue weighted by molar-refractivity contribution is 0.788. The van der Waals surface area contributed by atoms with Gasteiger partial charge < -0.3 is 0 Å². The molecule has 0 amide bonds. The molecule has 0 aliphatic rings. The van der Waals surface area contributed by atoms with Crippen molar-refractivity contribution in [1.82, 2.24) is 0 Å². The van der Waals surface area contributed by atoms with Gasteiger partial charge in [-0.3, -0.25) is 0 Å². The van der Waals surface area contributed by atoms with Gasteiger partial charge in [0.2, 0.25) is 0 Å². The third-order valence-electron chi connectivity index (χ3n) is 2.83. The zero-order valence-electron chi connectivity index (χ0n) is 10.6.